The molecule has 1 saturated carbocycles. The molecule has 4 rings (SSSR count). The smallest absolute Gasteiger partial charge is 0.320 e. The Morgan fingerprint density at radius 3 is 2.38 bits per heavy atom. The van der Waals surface area contributed by atoms with E-state index in [0.717, 1.165) is 32.6 Å². The zero-order valence-corrected chi connectivity index (χ0v) is 19.2. The predicted molar refractivity (Wildman–Crippen MR) is 127 cm³/mol. The van der Waals surface area contributed by atoms with Crippen LogP contribution in [0.4, 0.5) is 0 Å². The quantitative estimate of drug-likeness (QED) is 0.353. The molecule has 0 aliphatic heterocycles. The lowest BCUT2D eigenvalue weighted by Gasteiger charge is -2.13. The first-order valence-electron chi connectivity index (χ1n) is 10.9. The van der Waals surface area contributed by atoms with E-state index in [2.05, 4.69) is 30.3 Å². The number of hydrogen-bond acceptors (Lipinski definition) is 6. The molecule has 32 heavy (non-hydrogen) atoms. The molecule has 0 unspecified atom stereocenters. The standard InChI is InChI=1S/C26H27NO4S/c1-30-25(28)22(26(29)31-2)15-17-10-11-19-16-20(13-12-18(19)14-17)23-8-5-9-24(27-23)32-21-6-3-4-7-21/h5,8-14,16,21-22H,3-4,6-7,15H2,1-2H3. The Hall–Kier alpha value is -2.86. The SMILES string of the molecule is COC(=O)C(Cc1ccc2cc(-c3cccc(SC4CCCC4)n3)ccc2c1)C(=O)OC. The first-order valence-corrected chi connectivity index (χ1v) is 11.8. The number of ether oxygens (including phenoxy) is 2. The zero-order valence-electron chi connectivity index (χ0n) is 18.4. The third-order valence-corrected chi connectivity index (χ3v) is 7.20. The fourth-order valence-corrected chi connectivity index (χ4v) is 5.40. The van der Waals surface area contributed by atoms with Crippen molar-refractivity contribution < 1.29 is 19.1 Å². The zero-order chi connectivity index (χ0) is 22.5. The molecule has 6 heteroatoms. The van der Waals surface area contributed by atoms with E-state index in [0.29, 0.717) is 5.25 Å². The number of benzene rings is 2. The van der Waals surface area contributed by atoms with E-state index in [9.17, 15) is 9.59 Å². The Labute approximate surface area is 192 Å². The molecule has 0 N–H and O–H groups in total. The minimum Gasteiger partial charge on any atom is -0.468 e. The highest BCUT2D eigenvalue weighted by Gasteiger charge is 2.28. The molecule has 1 aliphatic rings. The van der Waals surface area contributed by atoms with Gasteiger partial charge in [0.05, 0.1) is 24.9 Å². The molecule has 5 nitrogen and oxygen atoms in total. The van der Waals surface area contributed by atoms with Gasteiger partial charge in [0.2, 0.25) is 0 Å². The number of carbonyl (C=O) groups excluding carboxylic acids is 2. The first kappa shape index (κ1) is 22.3. The molecule has 0 saturated heterocycles. The first-order chi connectivity index (χ1) is 15.6. The molecule has 0 spiro atoms. The number of thioether (sulfide) groups is 1. The maximum atomic E-state index is 12.0. The van der Waals surface area contributed by atoms with E-state index in [1.165, 1.54) is 39.9 Å². The van der Waals surface area contributed by atoms with Crippen LogP contribution in [-0.2, 0) is 25.5 Å². The lowest BCUT2D eigenvalue weighted by molar-refractivity contribution is -0.158. The van der Waals surface area contributed by atoms with Crippen LogP contribution >= 0.6 is 11.8 Å². The third-order valence-electron chi connectivity index (χ3n) is 5.92. The van der Waals surface area contributed by atoms with Crippen LogP contribution in [-0.4, -0.2) is 36.4 Å². The summed E-state index contributed by atoms with van der Waals surface area (Å²) in [5.74, 6) is -2.14. The molecule has 1 heterocycles. The Morgan fingerprint density at radius 2 is 1.66 bits per heavy atom. The average molecular weight is 450 g/mol. The fourth-order valence-electron chi connectivity index (χ4n) is 4.18. The van der Waals surface area contributed by atoms with Gasteiger partial charge in [0.15, 0.2) is 5.92 Å². The van der Waals surface area contributed by atoms with Gasteiger partial charge in [-0.05, 0) is 53.8 Å². The van der Waals surface area contributed by atoms with Gasteiger partial charge in [-0.1, -0.05) is 49.2 Å². The number of pyridine rings is 1. The third kappa shape index (κ3) is 5.13. The molecule has 0 bridgehead atoms. The van der Waals surface area contributed by atoms with E-state index in [4.69, 9.17) is 14.5 Å². The average Bonchev–Trinajstić information content (AvgIpc) is 3.34. The van der Waals surface area contributed by atoms with Crippen LogP contribution in [0.25, 0.3) is 22.0 Å². The highest BCUT2D eigenvalue weighted by molar-refractivity contribution is 7.99. The van der Waals surface area contributed by atoms with Crippen LogP contribution in [0.2, 0.25) is 0 Å². The molecule has 1 aliphatic carbocycles. The van der Waals surface area contributed by atoms with Gasteiger partial charge in [0.25, 0.3) is 0 Å². The molecular formula is C26H27NO4S. The highest BCUT2D eigenvalue weighted by Crippen LogP contribution is 2.35. The number of carbonyl (C=O) groups is 2. The van der Waals surface area contributed by atoms with Crippen LogP contribution in [0.15, 0.2) is 59.6 Å². The Morgan fingerprint density at radius 1 is 0.969 bits per heavy atom. The molecular weight excluding hydrogens is 422 g/mol. The van der Waals surface area contributed by atoms with Crippen molar-refractivity contribution in [1.29, 1.82) is 0 Å². The van der Waals surface area contributed by atoms with Crippen LogP contribution in [0.1, 0.15) is 31.2 Å². The van der Waals surface area contributed by atoms with Gasteiger partial charge in [-0.25, -0.2) is 4.98 Å². The summed E-state index contributed by atoms with van der Waals surface area (Å²) in [4.78, 5) is 28.9. The topological polar surface area (TPSA) is 65.5 Å². The van der Waals surface area contributed by atoms with Crippen molar-refractivity contribution in [3.63, 3.8) is 0 Å². The van der Waals surface area contributed by atoms with Gasteiger partial charge in [0.1, 0.15) is 0 Å². The normalized spacial score (nSPS) is 14.1. The number of fused-ring (bicyclic) bond motifs is 1. The van der Waals surface area contributed by atoms with Crippen molar-refractivity contribution >= 4 is 34.5 Å². The molecule has 0 atom stereocenters. The monoisotopic (exact) mass is 449 g/mol. The summed E-state index contributed by atoms with van der Waals surface area (Å²) in [7, 11) is 2.55. The largest absolute Gasteiger partial charge is 0.468 e. The molecule has 1 fully saturated rings. The molecule has 0 amide bonds. The second kappa shape index (κ2) is 10.2. The Bertz CT molecular complexity index is 1110. The molecule has 0 radical (unpaired) electrons. The lowest BCUT2D eigenvalue weighted by Crippen LogP contribution is -2.28. The number of aromatic nitrogens is 1. The Balaban J connectivity index is 1.55. The Kier molecular flexibility index (Phi) is 7.10. The molecule has 2 aromatic carbocycles. The number of nitrogens with zero attached hydrogens (tertiary/aromatic N) is 1. The number of methoxy groups -OCH3 is 2. The maximum Gasteiger partial charge on any atom is 0.320 e. The minimum atomic E-state index is -0.967. The number of rotatable bonds is 7. The summed E-state index contributed by atoms with van der Waals surface area (Å²) in [6, 6.07) is 18.4. The van der Waals surface area contributed by atoms with Crippen molar-refractivity contribution in [2.45, 2.75) is 42.4 Å². The number of hydrogen-bond donors (Lipinski definition) is 0. The van der Waals surface area contributed by atoms with Crippen molar-refractivity contribution in [2.24, 2.45) is 5.92 Å². The van der Waals surface area contributed by atoms with E-state index in [1.807, 2.05) is 36.0 Å². The lowest BCUT2D eigenvalue weighted by atomic mass is 9.96. The van der Waals surface area contributed by atoms with Crippen molar-refractivity contribution in [3.05, 3.63) is 60.2 Å². The van der Waals surface area contributed by atoms with Crippen molar-refractivity contribution in [2.75, 3.05) is 14.2 Å². The minimum absolute atomic E-state index is 0.235. The van der Waals surface area contributed by atoms with Crippen LogP contribution < -0.4 is 0 Å². The summed E-state index contributed by atoms with van der Waals surface area (Å²) in [5.41, 5.74) is 2.91. The van der Waals surface area contributed by atoms with E-state index < -0.39 is 17.9 Å². The van der Waals surface area contributed by atoms with Gasteiger partial charge >= 0.3 is 11.9 Å². The van der Waals surface area contributed by atoms with Gasteiger partial charge in [-0.3, -0.25) is 9.59 Å². The van der Waals surface area contributed by atoms with Crippen molar-refractivity contribution in [3.8, 4) is 11.3 Å². The van der Waals surface area contributed by atoms with Crippen LogP contribution in [0, 0.1) is 5.92 Å². The molecule has 1 aromatic heterocycles. The van der Waals surface area contributed by atoms with Gasteiger partial charge in [-0.2, -0.15) is 0 Å². The fraction of sp³-hybridized carbons (Fsp3) is 0.346. The van der Waals surface area contributed by atoms with E-state index in [1.54, 1.807) is 0 Å². The summed E-state index contributed by atoms with van der Waals surface area (Å²) in [5, 5.41) is 3.89. The van der Waals surface area contributed by atoms with Gasteiger partial charge < -0.3 is 9.47 Å². The van der Waals surface area contributed by atoms with Gasteiger partial charge in [-0.15, -0.1) is 11.8 Å². The second-order valence-electron chi connectivity index (χ2n) is 8.08. The maximum absolute atomic E-state index is 12.0. The van der Waals surface area contributed by atoms with Crippen LogP contribution in [0.3, 0.4) is 0 Å². The van der Waals surface area contributed by atoms with Crippen LogP contribution in [0.5, 0.6) is 0 Å². The predicted octanol–water partition coefficient (Wildman–Crippen LogP) is 5.44. The van der Waals surface area contributed by atoms with Crippen molar-refractivity contribution in [1.82, 2.24) is 4.98 Å². The van der Waals surface area contributed by atoms with E-state index in [-0.39, 0.29) is 6.42 Å². The summed E-state index contributed by atoms with van der Waals surface area (Å²) < 4.78 is 9.53. The summed E-state index contributed by atoms with van der Waals surface area (Å²) in [6.45, 7) is 0. The molecule has 166 valence electrons. The highest BCUT2D eigenvalue weighted by atomic mass is 32.2. The number of esters is 2. The summed E-state index contributed by atoms with van der Waals surface area (Å²) >= 11 is 1.89. The van der Waals surface area contributed by atoms with E-state index >= 15 is 0 Å². The summed E-state index contributed by atoms with van der Waals surface area (Å²) in [6.07, 6.45) is 5.44. The second-order valence-corrected chi connectivity index (χ2v) is 9.41. The molecule has 3 aromatic rings. The van der Waals surface area contributed by atoms with Gasteiger partial charge in [0, 0.05) is 10.8 Å².